The molecule has 140 valence electrons. The molecule has 3 N–H and O–H groups in total. The first-order valence-corrected chi connectivity index (χ1v) is 9.49. The van der Waals surface area contributed by atoms with Gasteiger partial charge in [-0.2, -0.15) is 0 Å². The number of fused-ring (bicyclic) bond motifs is 2. The third-order valence-electron chi connectivity index (χ3n) is 5.29. The zero-order valence-electron chi connectivity index (χ0n) is 15.3. The van der Waals surface area contributed by atoms with E-state index in [1.54, 1.807) is 12.1 Å². The molecule has 3 aromatic rings. The quantitative estimate of drug-likeness (QED) is 0.706. The number of hydrogen-bond donors (Lipinski definition) is 2. The number of nitrogens with two attached hydrogens (primary N) is 1. The van der Waals surface area contributed by atoms with Crippen LogP contribution in [0, 0.1) is 5.82 Å². The summed E-state index contributed by atoms with van der Waals surface area (Å²) in [6.07, 6.45) is 3.38. The van der Waals surface area contributed by atoms with E-state index in [2.05, 4.69) is 17.4 Å². The van der Waals surface area contributed by atoms with E-state index in [1.165, 1.54) is 29.7 Å². The predicted molar refractivity (Wildman–Crippen MR) is 106 cm³/mol. The molecule has 0 fully saturated rings. The Labute approximate surface area is 157 Å². The molecule has 4 rings (SSSR count). The summed E-state index contributed by atoms with van der Waals surface area (Å²) in [5, 5.41) is 4.40. The maximum Gasteiger partial charge on any atom is 0.255 e. The van der Waals surface area contributed by atoms with Crippen LogP contribution in [-0.2, 0) is 32.5 Å². The van der Waals surface area contributed by atoms with Gasteiger partial charge >= 0.3 is 0 Å². The summed E-state index contributed by atoms with van der Waals surface area (Å²) in [6, 6.07) is 12.8. The van der Waals surface area contributed by atoms with Crippen molar-refractivity contribution in [2.45, 2.75) is 38.9 Å². The van der Waals surface area contributed by atoms with Gasteiger partial charge in [0.25, 0.3) is 5.56 Å². The summed E-state index contributed by atoms with van der Waals surface area (Å²) in [5.74, 6) is -0.245. The van der Waals surface area contributed by atoms with Crippen LogP contribution in [0.4, 0.5) is 4.39 Å². The second kappa shape index (κ2) is 7.62. The number of halogens is 1. The van der Waals surface area contributed by atoms with Crippen LogP contribution in [0.5, 0.6) is 0 Å². The number of aromatic nitrogens is 1. The Kier molecular flexibility index (Phi) is 5.05. The third kappa shape index (κ3) is 3.66. The molecule has 0 atom stereocenters. The van der Waals surface area contributed by atoms with Crippen molar-refractivity contribution in [2.24, 2.45) is 5.73 Å². The van der Waals surface area contributed by atoms with Crippen molar-refractivity contribution in [2.75, 3.05) is 6.54 Å². The molecule has 1 aliphatic carbocycles. The van der Waals surface area contributed by atoms with E-state index in [4.69, 9.17) is 5.73 Å². The van der Waals surface area contributed by atoms with E-state index in [1.807, 2.05) is 10.6 Å². The van der Waals surface area contributed by atoms with Gasteiger partial charge < -0.3 is 15.6 Å². The molecule has 0 spiro atoms. The number of pyridine rings is 1. The monoisotopic (exact) mass is 365 g/mol. The van der Waals surface area contributed by atoms with E-state index < -0.39 is 0 Å². The fourth-order valence-electron chi connectivity index (χ4n) is 3.93. The van der Waals surface area contributed by atoms with Crippen LogP contribution in [0.25, 0.3) is 10.9 Å². The van der Waals surface area contributed by atoms with Crippen LogP contribution in [0.3, 0.4) is 0 Å². The minimum atomic E-state index is -0.245. The zero-order valence-corrected chi connectivity index (χ0v) is 15.3. The third-order valence-corrected chi connectivity index (χ3v) is 5.29. The minimum Gasteiger partial charge on any atom is -0.329 e. The molecular weight excluding hydrogens is 341 g/mol. The largest absolute Gasteiger partial charge is 0.329 e. The number of aryl methyl sites for hydroxylation is 2. The lowest BCUT2D eigenvalue weighted by atomic mass is 10.0. The van der Waals surface area contributed by atoms with Crippen molar-refractivity contribution in [1.29, 1.82) is 0 Å². The lowest BCUT2D eigenvalue weighted by molar-refractivity contribution is 0.624. The minimum absolute atomic E-state index is 0.0116. The lowest BCUT2D eigenvalue weighted by Gasteiger charge is -2.14. The Bertz CT molecular complexity index is 1020. The highest BCUT2D eigenvalue weighted by atomic mass is 19.1. The molecular formula is C22H24FN3O. The first-order chi connectivity index (χ1) is 13.2. The van der Waals surface area contributed by atoms with Crippen molar-refractivity contribution in [3.8, 4) is 0 Å². The van der Waals surface area contributed by atoms with Gasteiger partial charge in [0.15, 0.2) is 0 Å². The van der Waals surface area contributed by atoms with Crippen molar-refractivity contribution in [3.63, 3.8) is 0 Å². The average molecular weight is 365 g/mol. The van der Waals surface area contributed by atoms with Gasteiger partial charge in [-0.3, -0.25) is 4.79 Å². The Morgan fingerprint density at radius 2 is 1.78 bits per heavy atom. The van der Waals surface area contributed by atoms with Gasteiger partial charge in [-0.05, 0) is 71.7 Å². The molecule has 27 heavy (non-hydrogen) atoms. The Hall–Kier alpha value is -2.50. The van der Waals surface area contributed by atoms with Gasteiger partial charge in [-0.1, -0.05) is 12.1 Å². The number of nitrogens with one attached hydrogen (secondary N) is 1. The van der Waals surface area contributed by atoms with E-state index in [0.29, 0.717) is 26.2 Å². The molecule has 1 aliphatic rings. The summed E-state index contributed by atoms with van der Waals surface area (Å²) >= 11 is 0. The highest BCUT2D eigenvalue weighted by molar-refractivity contribution is 5.82. The molecule has 0 aliphatic heterocycles. The highest BCUT2D eigenvalue weighted by Crippen LogP contribution is 2.27. The van der Waals surface area contributed by atoms with Crippen molar-refractivity contribution < 1.29 is 4.39 Å². The van der Waals surface area contributed by atoms with Crippen LogP contribution >= 0.6 is 0 Å². The second-order valence-corrected chi connectivity index (χ2v) is 7.18. The van der Waals surface area contributed by atoms with E-state index >= 15 is 0 Å². The summed E-state index contributed by atoms with van der Waals surface area (Å²) < 4.78 is 14.8. The fourth-order valence-corrected chi connectivity index (χ4v) is 3.93. The SMILES string of the molecule is NCCn1c(=O)c(CNCc2ccc(F)cc2)cc2cc3c(cc21)CCC3. The van der Waals surface area contributed by atoms with Crippen LogP contribution in [0.15, 0.2) is 47.3 Å². The summed E-state index contributed by atoms with van der Waals surface area (Å²) in [7, 11) is 0. The molecule has 1 heterocycles. The molecule has 1 aromatic heterocycles. The molecule has 0 bridgehead atoms. The maximum atomic E-state index is 13.0. The van der Waals surface area contributed by atoms with E-state index in [0.717, 1.165) is 34.9 Å². The molecule has 5 heteroatoms. The first kappa shape index (κ1) is 17.9. The van der Waals surface area contributed by atoms with Gasteiger partial charge in [0.1, 0.15) is 5.82 Å². The van der Waals surface area contributed by atoms with Gasteiger partial charge in [0.05, 0.1) is 5.52 Å². The molecule has 0 saturated carbocycles. The number of hydrogen-bond acceptors (Lipinski definition) is 3. The maximum absolute atomic E-state index is 13.0. The molecule has 0 unspecified atom stereocenters. The van der Waals surface area contributed by atoms with Crippen LogP contribution in [0.1, 0.15) is 28.7 Å². The molecule has 0 amide bonds. The summed E-state index contributed by atoms with van der Waals surface area (Å²) in [4.78, 5) is 13.0. The molecule has 4 nitrogen and oxygen atoms in total. The van der Waals surface area contributed by atoms with Gasteiger partial charge in [-0.25, -0.2) is 4.39 Å². The smallest absolute Gasteiger partial charge is 0.255 e. The topological polar surface area (TPSA) is 60.0 Å². The second-order valence-electron chi connectivity index (χ2n) is 7.18. The van der Waals surface area contributed by atoms with Crippen LogP contribution < -0.4 is 16.6 Å². The molecule has 2 aromatic carbocycles. The van der Waals surface area contributed by atoms with Gasteiger partial charge in [0, 0.05) is 31.7 Å². The van der Waals surface area contributed by atoms with Crippen molar-refractivity contribution in [1.82, 2.24) is 9.88 Å². The molecule has 0 saturated heterocycles. The van der Waals surface area contributed by atoms with Crippen LogP contribution in [0.2, 0.25) is 0 Å². The Morgan fingerprint density at radius 1 is 1.04 bits per heavy atom. The Morgan fingerprint density at radius 3 is 2.52 bits per heavy atom. The Balaban J connectivity index is 1.63. The molecule has 0 radical (unpaired) electrons. The first-order valence-electron chi connectivity index (χ1n) is 9.49. The lowest BCUT2D eigenvalue weighted by Crippen LogP contribution is -2.29. The zero-order chi connectivity index (χ0) is 18.8. The van der Waals surface area contributed by atoms with E-state index in [9.17, 15) is 9.18 Å². The average Bonchev–Trinajstić information content (AvgIpc) is 3.12. The van der Waals surface area contributed by atoms with Gasteiger partial charge in [-0.15, -0.1) is 0 Å². The standard InChI is InChI=1S/C22H24FN3O/c23-20-6-4-15(5-7-20)13-25-14-19-11-18-10-16-2-1-3-17(16)12-21(18)26(9-8-24)22(19)27/h4-7,10-12,25H,1-3,8-9,13-14,24H2. The number of benzene rings is 2. The van der Waals surface area contributed by atoms with Crippen molar-refractivity contribution >= 4 is 10.9 Å². The normalized spacial score (nSPS) is 13.3. The fraction of sp³-hybridized carbons (Fsp3) is 0.318. The van der Waals surface area contributed by atoms with Crippen LogP contribution in [-0.4, -0.2) is 11.1 Å². The predicted octanol–water partition coefficient (Wildman–Crippen LogP) is 2.88. The van der Waals surface area contributed by atoms with Gasteiger partial charge in [0.2, 0.25) is 0 Å². The summed E-state index contributed by atoms with van der Waals surface area (Å²) in [6.45, 7) is 1.99. The van der Waals surface area contributed by atoms with E-state index in [-0.39, 0.29) is 11.4 Å². The number of nitrogens with zero attached hydrogens (tertiary/aromatic N) is 1. The number of rotatable bonds is 6. The highest BCUT2D eigenvalue weighted by Gasteiger charge is 2.15. The van der Waals surface area contributed by atoms with Crippen molar-refractivity contribution in [3.05, 3.63) is 80.9 Å². The summed E-state index contributed by atoms with van der Waals surface area (Å²) in [5.41, 5.74) is 11.2.